The summed E-state index contributed by atoms with van der Waals surface area (Å²) in [6.07, 6.45) is 2.80. The predicted molar refractivity (Wildman–Crippen MR) is 69.8 cm³/mol. The van der Waals surface area contributed by atoms with E-state index in [9.17, 15) is 9.59 Å². The molecule has 2 unspecified atom stereocenters. The number of aromatic nitrogens is 1. The number of rotatable bonds is 3. The summed E-state index contributed by atoms with van der Waals surface area (Å²) in [6, 6.07) is 3.18. The molecule has 0 aromatic carbocycles. The lowest BCUT2D eigenvalue weighted by Gasteiger charge is -2.12. The standard InChI is InChI=1S/C13H17N3O3/c1-8-3-4-11(19-8)13(18)16-9-5-6-15-10(7-9)12(17)14-2/h5-8,11H,3-4H2,1-2H3,(H,14,17)(H,15,16,18). The van der Waals surface area contributed by atoms with Crippen LogP contribution in [0.15, 0.2) is 18.3 Å². The molecule has 1 aliphatic heterocycles. The second-order valence-corrected chi connectivity index (χ2v) is 4.51. The lowest BCUT2D eigenvalue weighted by Crippen LogP contribution is -2.28. The zero-order valence-corrected chi connectivity index (χ0v) is 11.0. The molecule has 2 amide bonds. The third-order valence-electron chi connectivity index (χ3n) is 3.01. The van der Waals surface area contributed by atoms with Crippen molar-refractivity contribution in [1.82, 2.24) is 10.3 Å². The Hall–Kier alpha value is -1.95. The van der Waals surface area contributed by atoms with E-state index < -0.39 is 6.10 Å². The molecule has 6 heteroatoms. The Morgan fingerprint density at radius 2 is 2.21 bits per heavy atom. The monoisotopic (exact) mass is 263 g/mol. The number of pyridine rings is 1. The van der Waals surface area contributed by atoms with Crippen LogP contribution in [0.25, 0.3) is 0 Å². The third-order valence-corrected chi connectivity index (χ3v) is 3.01. The zero-order valence-electron chi connectivity index (χ0n) is 11.0. The van der Waals surface area contributed by atoms with Crippen LogP contribution in [0.1, 0.15) is 30.3 Å². The zero-order chi connectivity index (χ0) is 13.8. The Balaban J connectivity index is 2.03. The van der Waals surface area contributed by atoms with Crippen LogP contribution in [0.4, 0.5) is 5.69 Å². The minimum Gasteiger partial charge on any atom is -0.365 e. The van der Waals surface area contributed by atoms with Crippen LogP contribution in [-0.4, -0.2) is 36.1 Å². The summed E-state index contributed by atoms with van der Waals surface area (Å²) in [5.41, 5.74) is 0.808. The summed E-state index contributed by atoms with van der Waals surface area (Å²) in [5.74, 6) is -0.472. The molecule has 2 atom stereocenters. The van der Waals surface area contributed by atoms with E-state index >= 15 is 0 Å². The molecular weight excluding hydrogens is 246 g/mol. The molecule has 2 heterocycles. The van der Waals surface area contributed by atoms with Crippen LogP contribution in [0, 0.1) is 0 Å². The van der Waals surface area contributed by atoms with E-state index in [0.717, 1.165) is 12.8 Å². The van der Waals surface area contributed by atoms with Crippen molar-refractivity contribution in [3.63, 3.8) is 0 Å². The average Bonchev–Trinajstić information content (AvgIpc) is 2.85. The molecule has 0 saturated carbocycles. The van der Waals surface area contributed by atoms with Crippen molar-refractivity contribution in [1.29, 1.82) is 0 Å². The lowest BCUT2D eigenvalue weighted by atomic mass is 10.2. The van der Waals surface area contributed by atoms with E-state index in [1.165, 1.54) is 19.3 Å². The molecule has 2 rings (SSSR count). The first-order valence-corrected chi connectivity index (χ1v) is 6.24. The highest BCUT2D eigenvalue weighted by Crippen LogP contribution is 2.20. The highest BCUT2D eigenvalue weighted by molar-refractivity contribution is 5.97. The summed E-state index contributed by atoms with van der Waals surface area (Å²) < 4.78 is 5.49. The number of carbonyl (C=O) groups excluding carboxylic acids is 2. The normalized spacial score (nSPS) is 22.0. The number of nitrogens with one attached hydrogen (secondary N) is 2. The molecule has 102 valence electrons. The Morgan fingerprint density at radius 1 is 1.42 bits per heavy atom. The second kappa shape index (κ2) is 5.79. The highest BCUT2D eigenvalue weighted by Gasteiger charge is 2.28. The maximum atomic E-state index is 12.0. The van der Waals surface area contributed by atoms with Crippen molar-refractivity contribution in [2.45, 2.75) is 32.0 Å². The van der Waals surface area contributed by atoms with Gasteiger partial charge in [-0.25, -0.2) is 0 Å². The van der Waals surface area contributed by atoms with Crippen LogP contribution in [0.2, 0.25) is 0 Å². The molecule has 19 heavy (non-hydrogen) atoms. The maximum absolute atomic E-state index is 12.0. The topological polar surface area (TPSA) is 80.3 Å². The third kappa shape index (κ3) is 3.29. The van der Waals surface area contributed by atoms with Gasteiger partial charge in [0.15, 0.2) is 0 Å². The first kappa shape index (κ1) is 13.5. The van der Waals surface area contributed by atoms with Gasteiger partial charge in [0.05, 0.1) is 6.10 Å². The molecular formula is C13H17N3O3. The van der Waals surface area contributed by atoms with Crippen LogP contribution in [-0.2, 0) is 9.53 Å². The van der Waals surface area contributed by atoms with Crippen LogP contribution in [0.3, 0.4) is 0 Å². The van der Waals surface area contributed by atoms with Gasteiger partial charge >= 0.3 is 0 Å². The van der Waals surface area contributed by atoms with Crippen molar-refractivity contribution in [3.8, 4) is 0 Å². The summed E-state index contributed by atoms with van der Waals surface area (Å²) in [6.45, 7) is 1.95. The van der Waals surface area contributed by atoms with Crippen LogP contribution >= 0.6 is 0 Å². The van der Waals surface area contributed by atoms with Gasteiger partial charge in [0.1, 0.15) is 11.8 Å². The quantitative estimate of drug-likeness (QED) is 0.850. The Labute approximate surface area is 111 Å². The van der Waals surface area contributed by atoms with Crippen LogP contribution in [0.5, 0.6) is 0 Å². The fourth-order valence-electron chi connectivity index (χ4n) is 1.98. The van der Waals surface area contributed by atoms with Crippen molar-refractivity contribution in [2.75, 3.05) is 12.4 Å². The molecule has 0 spiro atoms. The van der Waals surface area contributed by atoms with E-state index in [4.69, 9.17) is 4.74 Å². The fourth-order valence-corrected chi connectivity index (χ4v) is 1.98. The Bertz CT molecular complexity index is 490. The number of hydrogen-bond acceptors (Lipinski definition) is 4. The second-order valence-electron chi connectivity index (χ2n) is 4.51. The van der Waals surface area contributed by atoms with Crippen molar-refractivity contribution in [3.05, 3.63) is 24.0 Å². The molecule has 0 aliphatic carbocycles. The summed E-state index contributed by atoms with van der Waals surface area (Å²) in [5, 5.41) is 5.22. The molecule has 1 saturated heterocycles. The number of ether oxygens (including phenoxy) is 1. The molecule has 6 nitrogen and oxygen atoms in total. The van der Waals surface area contributed by atoms with Gasteiger partial charge in [-0.2, -0.15) is 0 Å². The summed E-state index contributed by atoms with van der Waals surface area (Å²) in [4.78, 5) is 27.3. The number of hydrogen-bond donors (Lipinski definition) is 2. The number of nitrogens with zero attached hydrogens (tertiary/aromatic N) is 1. The van der Waals surface area contributed by atoms with Gasteiger partial charge in [-0.3, -0.25) is 14.6 Å². The molecule has 2 N–H and O–H groups in total. The molecule has 1 aromatic rings. The van der Waals surface area contributed by atoms with Crippen molar-refractivity contribution in [2.24, 2.45) is 0 Å². The molecule has 1 aromatic heterocycles. The minimum atomic E-state index is -0.411. The van der Waals surface area contributed by atoms with Gasteiger partial charge < -0.3 is 15.4 Å². The minimum absolute atomic E-state index is 0.120. The summed E-state index contributed by atoms with van der Waals surface area (Å²) >= 11 is 0. The molecule has 1 fully saturated rings. The van der Waals surface area contributed by atoms with Gasteiger partial charge in [-0.05, 0) is 31.9 Å². The van der Waals surface area contributed by atoms with Gasteiger partial charge in [-0.1, -0.05) is 0 Å². The average molecular weight is 263 g/mol. The highest BCUT2D eigenvalue weighted by atomic mass is 16.5. The van der Waals surface area contributed by atoms with Gasteiger partial charge in [0, 0.05) is 18.9 Å². The lowest BCUT2D eigenvalue weighted by molar-refractivity contribution is -0.126. The van der Waals surface area contributed by atoms with Crippen molar-refractivity contribution < 1.29 is 14.3 Å². The Morgan fingerprint density at radius 3 is 2.84 bits per heavy atom. The van der Waals surface area contributed by atoms with Crippen LogP contribution < -0.4 is 10.6 Å². The molecule has 0 radical (unpaired) electrons. The Kier molecular flexibility index (Phi) is 4.11. The number of anilines is 1. The van der Waals surface area contributed by atoms with E-state index in [2.05, 4.69) is 15.6 Å². The predicted octanol–water partition coefficient (Wildman–Crippen LogP) is 0.947. The molecule has 0 bridgehead atoms. The van der Waals surface area contributed by atoms with E-state index in [0.29, 0.717) is 5.69 Å². The fraction of sp³-hybridized carbons (Fsp3) is 0.462. The number of amides is 2. The van der Waals surface area contributed by atoms with E-state index in [-0.39, 0.29) is 23.6 Å². The van der Waals surface area contributed by atoms with Gasteiger partial charge in [-0.15, -0.1) is 0 Å². The van der Waals surface area contributed by atoms with Gasteiger partial charge in [0.2, 0.25) is 0 Å². The smallest absolute Gasteiger partial charge is 0.269 e. The van der Waals surface area contributed by atoms with Crippen molar-refractivity contribution >= 4 is 17.5 Å². The number of carbonyl (C=O) groups is 2. The van der Waals surface area contributed by atoms with Gasteiger partial charge in [0.25, 0.3) is 11.8 Å². The largest absolute Gasteiger partial charge is 0.365 e. The van der Waals surface area contributed by atoms with E-state index in [1.54, 1.807) is 6.07 Å². The molecule has 1 aliphatic rings. The first-order chi connectivity index (χ1) is 9.10. The first-order valence-electron chi connectivity index (χ1n) is 6.24. The maximum Gasteiger partial charge on any atom is 0.269 e. The summed E-state index contributed by atoms with van der Waals surface area (Å²) in [7, 11) is 1.53. The van der Waals surface area contributed by atoms with E-state index in [1.807, 2.05) is 6.92 Å². The SMILES string of the molecule is CNC(=O)c1cc(NC(=O)C2CCC(C)O2)ccn1.